The number of hydrazone groups is 1. The van der Waals surface area contributed by atoms with Crippen molar-refractivity contribution in [3.8, 4) is 5.75 Å². The van der Waals surface area contributed by atoms with Crippen molar-refractivity contribution in [3.05, 3.63) is 58.6 Å². The van der Waals surface area contributed by atoms with Crippen molar-refractivity contribution >= 4 is 38.1 Å². The zero-order valence-corrected chi connectivity index (χ0v) is 16.6. The summed E-state index contributed by atoms with van der Waals surface area (Å²) >= 11 is 3.37. The van der Waals surface area contributed by atoms with Crippen LogP contribution in [0.2, 0.25) is 0 Å². The Morgan fingerprint density at radius 3 is 2.50 bits per heavy atom. The lowest BCUT2D eigenvalue weighted by Gasteiger charge is -2.16. The number of hydrogen-bond donors (Lipinski definition) is 1. The molecule has 1 N–H and O–H groups in total. The number of rotatable bonds is 7. The summed E-state index contributed by atoms with van der Waals surface area (Å²) in [5.74, 6) is -0.00125. The van der Waals surface area contributed by atoms with Gasteiger partial charge in [0, 0.05) is 17.1 Å². The number of carbonyl (C=O) groups is 1. The first kappa shape index (κ1) is 20.1. The fourth-order valence-corrected chi connectivity index (χ4v) is 3.52. The van der Waals surface area contributed by atoms with E-state index in [1.807, 2.05) is 24.3 Å². The molecule has 138 valence electrons. The fourth-order valence-electron chi connectivity index (χ4n) is 2.00. The SMILES string of the molecule is COc1ccc(S(=O)(=O)N(C)CC(=O)N/N=C\c2ccccc2Br)cc1. The number of amides is 1. The highest BCUT2D eigenvalue weighted by Crippen LogP contribution is 2.18. The molecule has 26 heavy (non-hydrogen) atoms. The molecule has 0 aromatic heterocycles. The molecule has 2 aromatic carbocycles. The summed E-state index contributed by atoms with van der Waals surface area (Å²) < 4.78 is 31.7. The van der Waals surface area contributed by atoms with Gasteiger partial charge in [-0.1, -0.05) is 34.1 Å². The Morgan fingerprint density at radius 2 is 1.88 bits per heavy atom. The second-order valence-electron chi connectivity index (χ2n) is 5.25. The smallest absolute Gasteiger partial charge is 0.255 e. The van der Waals surface area contributed by atoms with Crippen LogP contribution in [0.15, 0.2) is 63.0 Å². The number of ether oxygens (including phenoxy) is 1. The van der Waals surface area contributed by atoms with E-state index in [0.29, 0.717) is 5.75 Å². The molecular formula is C17H18BrN3O4S. The molecule has 1 amide bonds. The molecule has 0 spiro atoms. The number of carbonyl (C=O) groups excluding carboxylic acids is 1. The number of likely N-dealkylation sites (N-methyl/N-ethyl adjacent to an activating group) is 1. The van der Waals surface area contributed by atoms with Gasteiger partial charge in [0.1, 0.15) is 5.75 Å². The van der Waals surface area contributed by atoms with Gasteiger partial charge >= 0.3 is 0 Å². The Hall–Kier alpha value is -2.23. The largest absolute Gasteiger partial charge is 0.497 e. The van der Waals surface area contributed by atoms with E-state index in [-0.39, 0.29) is 11.4 Å². The van der Waals surface area contributed by atoms with Crippen molar-refractivity contribution < 1.29 is 17.9 Å². The fraction of sp³-hybridized carbons (Fsp3) is 0.176. The number of nitrogens with one attached hydrogen (secondary N) is 1. The average Bonchev–Trinajstić information content (AvgIpc) is 2.63. The first-order chi connectivity index (χ1) is 12.3. The molecule has 0 fully saturated rings. The predicted molar refractivity (Wildman–Crippen MR) is 103 cm³/mol. The lowest BCUT2D eigenvalue weighted by molar-refractivity contribution is -0.121. The molecule has 0 aliphatic rings. The van der Waals surface area contributed by atoms with E-state index in [1.165, 1.54) is 32.5 Å². The van der Waals surface area contributed by atoms with E-state index < -0.39 is 15.9 Å². The summed E-state index contributed by atoms with van der Waals surface area (Å²) in [4.78, 5) is 12.0. The Balaban J connectivity index is 1.98. The van der Waals surface area contributed by atoms with Crippen LogP contribution in [-0.4, -0.2) is 45.5 Å². The third-order valence-corrected chi connectivity index (χ3v) is 5.97. The molecule has 0 radical (unpaired) electrons. The van der Waals surface area contributed by atoms with Gasteiger partial charge in [-0.2, -0.15) is 9.41 Å². The summed E-state index contributed by atoms with van der Waals surface area (Å²) in [5.41, 5.74) is 3.10. The highest BCUT2D eigenvalue weighted by atomic mass is 79.9. The van der Waals surface area contributed by atoms with E-state index >= 15 is 0 Å². The second kappa shape index (κ2) is 8.93. The normalized spacial score (nSPS) is 11.7. The summed E-state index contributed by atoms with van der Waals surface area (Å²) in [7, 11) is -0.961. The first-order valence-electron chi connectivity index (χ1n) is 7.51. The number of halogens is 1. The minimum Gasteiger partial charge on any atom is -0.497 e. The molecule has 9 heteroatoms. The zero-order valence-electron chi connectivity index (χ0n) is 14.2. The van der Waals surface area contributed by atoms with Crippen LogP contribution in [0.1, 0.15) is 5.56 Å². The first-order valence-corrected chi connectivity index (χ1v) is 9.74. The second-order valence-corrected chi connectivity index (χ2v) is 8.15. The van der Waals surface area contributed by atoms with E-state index in [4.69, 9.17) is 4.74 Å². The highest BCUT2D eigenvalue weighted by molar-refractivity contribution is 9.10. The number of methoxy groups -OCH3 is 1. The van der Waals surface area contributed by atoms with E-state index in [2.05, 4.69) is 26.5 Å². The number of nitrogens with zero attached hydrogens (tertiary/aromatic N) is 2. The van der Waals surface area contributed by atoms with Crippen molar-refractivity contribution in [1.82, 2.24) is 9.73 Å². The Bertz CT molecular complexity index is 898. The maximum atomic E-state index is 12.5. The maximum absolute atomic E-state index is 12.5. The Labute approximate surface area is 160 Å². The van der Waals surface area contributed by atoms with E-state index in [9.17, 15) is 13.2 Å². The molecule has 0 saturated carbocycles. The van der Waals surface area contributed by atoms with Crippen LogP contribution in [0.25, 0.3) is 0 Å². The topological polar surface area (TPSA) is 88.1 Å². The summed E-state index contributed by atoms with van der Waals surface area (Å²) in [6.45, 7) is -0.359. The third-order valence-electron chi connectivity index (χ3n) is 3.43. The van der Waals surface area contributed by atoms with Crippen molar-refractivity contribution in [3.63, 3.8) is 0 Å². The van der Waals surface area contributed by atoms with Crippen LogP contribution in [0.5, 0.6) is 5.75 Å². The molecule has 0 aliphatic heterocycles. The molecule has 0 heterocycles. The number of hydrogen-bond acceptors (Lipinski definition) is 5. The van der Waals surface area contributed by atoms with Gasteiger partial charge in [-0.15, -0.1) is 0 Å². The molecule has 7 nitrogen and oxygen atoms in total. The van der Waals surface area contributed by atoms with Gasteiger partial charge in [-0.05, 0) is 30.3 Å². The molecule has 2 rings (SSSR count). The summed E-state index contributed by atoms with van der Waals surface area (Å²) in [6, 6.07) is 13.3. The molecule has 0 unspecified atom stereocenters. The van der Waals surface area contributed by atoms with Gasteiger partial charge < -0.3 is 4.74 Å². The van der Waals surface area contributed by atoms with Gasteiger partial charge in [0.2, 0.25) is 10.0 Å². The molecule has 0 aliphatic carbocycles. The van der Waals surface area contributed by atoms with Crippen LogP contribution in [0.3, 0.4) is 0 Å². The Morgan fingerprint density at radius 1 is 1.23 bits per heavy atom. The van der Waals surface area contributed by atoms with Crippen LogP contribution < -0.4 is 10.2 Å². The zero-order chi connectivity index (χ0) is 19.2. The van der Waals surface area contributed by atoms with E-state index in [0.717, 1.165) is 14.3 Å². The summed E-state index contributed by atoms with van der Waals surface area (Å²) in [5, 5.41) is 3.84. The maximum Gasteiger partial charge on any atom is 0.255 e. The van der Waals surface area contributed by atoms with Crippen LogP contribution in [0, 0.1) is 0 Å². The van der Waals surface area contributed by atoms with Gasteiger partial charge in [0.05, 0.1) is 24.8 Å². The monoisotopic (exact) mass is 439 g/mol. The van der Waals surface area contributed by atoms with Crippen molar-refractivity contribution in [2.24, 2.45) is 5.10 Å². The highest BCUT2D eigenvalue weighted by Gasteiger charge is 2.22. The number of sulfonamides is 1. The minimum absolute atomic E-state index is 0.0744. The van der Waals surface area contributed by atoms with Crippen LogP contribution in [0.4, 0.5) is 0 Å². The van der Waals surface area contributed by atoms with Gasteiger partial charge in [0.25, 0.3) is 5.91 Å². The quantitative estimate of drug-likeness (QED) is 0.529. The van der Waals surface area contributed by atoms with Crippen LogP contribution >= 0.6 is 15.9 Å². The van der Waals surface area contributed by atoms with Crippen molar-refractivity contribution in [1.29, 1.82) is 0 Å². The molecule has 0 saturated heterocycles. The van der Waals surface area contributed by atoms with Gasteiger partial charge in [-0.25, -0.2) is 13.8 Å². The van der Waals surface area contributed by atoms with Gasteiger partial charge in [0.15, 0.2) is 0 Å². The molecule has 2 aromatic rings. The average molecular weight is 440 g/mol. The van der Waals surface area contributed by atoms with Gasteiger partial charge in [-0.3, -0.25) is 4.79 Å². The third kappa shape index (κ3) is 5.13. The molecule has 0 bridgehead atoms. The molecule has 0 atom stereocenters. The number of benzene rings is 2. The molecular weight excluding hydrogens is 422 g/mol. The minimum atomic E-state index is -3.79. The predicted octanol–water partition coefficient (Wildman–Crippen LogP) is 2.23. The van der Waals surface area contributed by atoms with Crippen molar-refractivity contribution in [2.45, 2.75) is 4.90 Å². The lowest BCUT2D eigenvalue weighted by Crippen LogP contribution is -2.36. The Kier molecular flexibility index (Phi) is 6.90. The lowest BCUT2D eigenvalue weighted by atomic mass is 10.2. The van der Waals surface area contributed by atoms with Crippen molar-refractivity contribution in [2.75, 3.05) is 20.7 Å². The standard InChI is InChI=1S/C17H18BrN3O4S/c1-21(26(23,24)15-9-7-14(25-2)8-10-15)12-17(22)20-19-11-13-5-3-4-6-16(13)18/h3-11H,12H2,1-2H3,(H,20,22)/b19-11-. The van der Waals surface area contributed by atoms with Crippen LogP contribution in [-0.2, 0) is 14.8 Å². The summed E-state index contributed by atoms with van der Waals surface area (Å²) in [6.07, 6.45) is 1.47. The van der Waals surface area contributed by atoms with E-state index in [1.54, 1.807) is 12.1 Å².